The third-order valence-electron chi connectivity index (χ3n) is 3.32. The van der Waals surface area contributed by atoms with Crippen LogP contribution in [0.3, 0.4) is 0 Å². The van der Waals surface area contributed by atoms with E-state index < -0.39 is 12.1 Å². The highest BCUT2D eigenvalue weighted by atomic mass is 16.2. The first-order valence-corrected chi connectivity index (χ1v) is 6.50. The zero-order valence-electron chi connectivity index (χ0n) is 11.5. The Morgan fingerprint density at radius 2 is 2.16 bits per heavy atom. The zero-order chi connectivity index (χ0) is 14.0. The summed E-state index contributed by atoms with van der Waals surface area (Å²) in [6.45, 7) is 6.04. The molecule has 2 rings (SSSR count). The molecule has 1 aromatic heterocycles. The second-order valence-corrected chi connectivity index (χ2v) is 5.25. The first-order chi connectivity index (χ1) is 9.00. The predicted molar refractivity (Wildman–Crippen MR) is 71.0 cm³/mol. The number of hydrogen-bond donors (Lipinski definition) is 1. The third-order valence-corrected chi connectivity index (χ3v) is 3.32. The Labute approximate surface area is 113 Å². The molecule has 2 atom stereocenters. The monoisotopic (exact) mass is 261 g/mol. The molecule has 0 spiro atoms. The lowest BCUT2D eigenvalue weighted by Gasteiger charge is -2.39. The van der Waals surface area contributed by atoms with Gasteiger partial charge in [-0.05, 0) is 24.5 Å². The Hall–Kier alpha value is -1.91. The van der Waals surface area contributed by atoms with Gasteiger partial charge in [-0.15, -0.1) is 0 Å². The van der Waals surface area contributed by atoms with Gasteiger partial charge < -0.3 is 10.2 Å². The van der Waals surface area contributed by atoms with Crippen LogP contribution in [0.5, 0.6) is 0 Å². The maximum absolute atomic E-state index is 12.3. The average Bonchev–Trinajstić information content (AvgIpc) is 2.36. The van der Waals surface area contributed by atoms with E-state index in [2.05, 4.69) is 10.3 Å². The van der Waals surface area contributed by atoms with Crippen molar-refractivity contribution >= 4 is 11.8 Å². The van der Waals surface area contributed by atoms with Crippen LogP contribution in [-0.2, 0) is 16.1 Å². The van der Waals surface area contributed by atoms with Gasteiger partial charge in [0.1, 0.15) is 12.1 Å². The highest BCUT2D eigenvalue weighted by Gasteiger charge is 2.39. The van der Waals surface area contributed by atoms with E-state index in [0.717, 1.165) is 5.56 Å². The molecule has 1 N–H and O–H groups in total. The summed E-state index contributed by atoms with van der Waals surface area (Å²) in [5.74, 6) is -0.0405. The van der Waals surface area contributed by atoms with E-state index in [1.165, 1.54) is 0 Å². The van der Waals surface area contributed by atoms with E-state index in [9.17, 15) is 9.59 Å². The van der Waals surface area contributed by atoms with Crippen molar-refractivity contribution in [3.8, 4) is 0 Å². The van der Waals surface area contributed by atoms with Crippen molar-refractivity contribution in [3.05, 3.63) is 30.1 Å². The van der Waals surface area contributed by atoms with Crippen molar-refractivity contribution in [1.82, 2.24) is 15.2 Å². The smallest absolute Gasteiger partial charge is 0.245 e. The molecule has 1 aromatic rings. The molecule has 1 saturated heterocycles. The first kappa shape index (κ1) is 13.5. The number of hydrogen-bond acceptors (Lipinski definition) is 3. The van der Waals surface area contributed by atoms with Crippen LogP contribution in [0.25, 0.3) is 0 Å². The Bertz CT molecular complexity index is 473. The van der Waals surface area contributed by atoms with Gasteiger partial charge in [0.25, 0.3) is 0 Å². The Morgan fingerprint density at radius 3 is 2.74 bits per heavy atom. The van der Waals surface area contributed by atoms with Gasteiger partial charge in [0.15, 0.2) is 0 Å². The quantitative estimate of drug-likeness (QED) is 0.881. The molecule has 2 unspecified atom stereocenters. The predicted octanol–water partition coefficient (Wildman–Crippen LogP) is 0.953. The first-order valence-electron chi connectivity index (χ1n) is 6.50. The van der Waals surface area contributed by atoms with E-state index in [1.807, 2.05) is 26.0 Å². The van der Waals surface area contributed by atoms with Gasteiger partial charge >= 0.3 is 0 Å². The fourth-order valence-electron chi connectivity index (χ4n) is 2.42. The van der Waals surface area contributed by atoms with Crippen molar-refractivity contribution in [3.63, 3.8) is 0 Å². The van der Waals surface area contributed by atoms with Gasteiger partial charge in [-0.25, -0.2) is 0 Å². The molecule has 5 heteroatoms. The lowest BCUT2D eigenvalue weighted by atomic mass is 9.97. The minimum Gasteiger partial charge on any atom is -0.343 e. The Kier molecular flexibility index (Phi) is 3.83. The summed E-state index contributed by atoms with van der Waals surface area (Å²) in [6.07, 6.45) is 3.42. The molecular weight excluding hydrogens is 242 g/mol. The molecule has 1 fully saturated rings. The van der Waals surface area contributed by atoms with Crippen LogP contribution < -0.4 is 5.32 Å². The summed E-state index contributed by atoms with van der Waals surface area (Å²) < 4.78 is 0. The van der Waals surface area contributed by atoms with Crippen LogP contribution in [0, 0.1) is 5.92 Å². The summed E-state index contributed by atoms with van der Waals surface area (Å²) in [6, 6.07) is 2.87. The number of nitrogens with one attached hydrogen (secondary N) is 1. The van der Waals surface area contributed by atoms with Crippen LogP contribution in [0.4, 0.5) is 0 Å². The van der Waals surface area contributed by atoms with E-state index in [-0.39, 0.29) is 17.7 Å². The number of rotatable bonds is 3. The molecule has 1 aliphatic rings. The number of carbonyl (C=O) groups excluding carboxylic acids is 2. The second-order valence-electron chi connectivity index (χ2n) is 5.25. The summed E-state index contributed by atoms with van der Waals surface area (Å²) >= 11 is 0. The van der Waals surface area contributed by atoms with Crippen LogP contribution >= 0.6 is 0 Å². The molecule has 2 amide bonds. The Balaban J connectivity index is 2.26. The SMILES string of the molecule is CC1NC(=O)C(C(C)C)N(Cc2cccnc2)C1=O. The molecule has 0 radical (unpaired) electrons. The van der Waals surface area contributed by atoms with E-state index in [4.69, 9.17) is 0 Å². The summed E-state index contributed by atoms with van der Waals surface area (Å²) in [5, 5.41) is 2.73. The van der Waals surface area contributed by atoms with Crippen molar-refractivity contribution < 1.29 is 9.59 Å². The van der Waals surface area contributed by atoms with Crippen LogP contribution in [0.1, 0.15) is 26.3 Å². The summed E-state index contributed by atoms with van der Waals surface area (Å²) in [4.78, 5) is 30.1. The molecule has 0 saturated carbocycles. The second kappa shape index (κ2) is 5.38. The zero-order valence-corrected chi connectivity index (χ0v) is 11.5. The Morgan fingerprint density at radius 1 is 1.42 bits per heavy atom. The van der Waals surface area contributed by atoms with Crippen molar-refractivity contribution in [1.29, 1.82) is 0 Å². The number of nitrogens with zero attached hydrogens (tertiary/aromatic N) is 2. The number of aromatic nitrogens is 1. The molecule has 19 heavy (non-hydrogen) atoms. The molecule has 0 aliphatic carbocycles. The molecule has 102 valence electrons. The lowest BCUT2D eigenvalue weighted by Crippen LogP contribution is -2.63. The summed E-state index contributed by atoms with van der Waals surface area (Å²) in [5.41, 5.74) is 0.934. The molecule has 5 nitrogen and oxygen atoms in total. The topological polar surface area (TPSA) is 62.3 Å². The largest absolute Gasteiger partial charge is 0.343 e. The van der Waals surface area contributed by atoms with E-state index >= 15 is 0 Å². The molecule has 1 aliphatic heterocycles. The molecular formula is C14H19N3O2. The highest BCUT2D eigenvalue weighted by molar-refractivity contribution is 5.96. The minimum absolute atomic E-state index is 0.0397. The van der Waals surface area contributed by atoms with Gasteiger partial charge in [0, 0.05) is 18.9 Å². The maximum atomic E-state index is 12.3. The van der Waals surface area contributed by atoms with Gasteiger partial charge in [-0.1, -0.05) is 19.9 Å². The van der Waals surface area contributed by atoms with Gasteiger partial charge in [0.05, 0.1) is 0 Å². The molecule has 2 heterocycles. The van der Waals surface area contributed by atoms with Crippen LogP contribution in [-0.4, -0.2) is 33.8 Å². The number of amides is 2. The van der Waals surface area contributed by atoms with Gasteiger partial charge in [0.2, 0.25) is 11.8 Å². The fraction of sp³-hybridized carbons (Fsp3) is 0.500. The summed E-state index contributed by atoms with van der Waals surface area (Å²) in [7, 11) is 0. The highest BCUT2D eigenvalue weighted by Crippen LogP contribution is 2.19. The minimum atomic E-state index is -0.459. The van der Waals surface area contributed by atoms with Gasteiger partial charge in [-0.2, -0.15) is 0 Å². The van der Waals surface area contributed by atoms with Crippen molar-refractivity contribution in [2.75, 3.05) is 0 Å². The van der Waals surface area contributed by atoms with E-state index in [1.54, 1.807) is 24.2 Å². The van der Waals surface area contributed by atoms with Crippen LogP contribution in [0.15, 0.2) is 24.5 Å². The number of carbonyl (C=O) groups is 2. The molecule has 0 bridgehead atoms. The fourth-order valence-corrected chi connectivity index (χ4v) is 2.42. The number of piperazine rings is 1. The normalized spacial score (nSPS) is 23.7. The third kappa shape index (κ3) is 2.75. The lowest BCUT2D eigenvalue weighted by molar-refractivity contribution is -0.151. The number of pyridine rings is 1. The van der Waals surface area contributed by atoms with Crippen molar-refractivity contribution in [2.24, 2.45) is 5.92 Å². The van der Waals surface area contributed by atoms with Crippen LogP contribution in [0.2, 0.25) is 0 Å². The van der Waals surface area contributed by atoms with Crippen molar-refractivity contribution in [2.45, 2.75) is 39.4 Å². The standard InChI is InChI=1S/C14H19N3O2/c1-9(2)12-13(18)16-10(3)14(19)17(12)8-11-5-4-6-15-7-11/h4-7,9-10,12H,8H2,1-3H3,(H,16,18). The van der Waals surface area contributed by atoms with Gasteiger partial charge in [-0.3, -0.25) is 14.6 Å². The average molecular weight is 261 g/mol. The molecule has 0 aromatic carbocycles. The van der Waals surface area contributed by atoms with E-state index in [0.29, 0.717) is 6.54 Å². The maximum Gasteiger partial charge on any atom is 0.245 e.